The molecule has 152 valence electrons. The van der Waals surface area contributed by atoms with Crippen LogP contribution in [0.3, 0.4) is 0 Å². The molecule has 2 fully saturated rings. The Labute approximate surface area is 176 Å². The van der Waals surface area contributed by atoms with Crippen LogP contribution in [0.25, 0.3) is 0 Å². The van der Waals surface area contributed by atoms with E-state index in [4.69, 9.17) is 5.10 Å². The summed E-state index contributed by atoms with van der Waals surface area (Å²) in [6.45, 7) is 2.29. The number of hydrogen-bond donors (Lipinski definition) is 0. The van der Waals surface area contributed by atoms with Gasteiger partial charge in [-0.05, 0) is 49.3 Å². The van der Waals surface area contributed by atoms with Gasteiger partial charge in [0.2, 0.25) is 5.91 Å². The van der Waals surface area contributed by atoms with Crippen LogP contribution in [0.2, 0.25) is 0 Å². The molecule has 1 amide bonds. The number of nitrogens with zero attached hydrogens (tertiary/aromatic N) is 4. The van der Waals surface area contributed by atoms with Gasteiger partial charge in [-0.3, -0.25) is 4.79 Å². The Morgan fingerprint density at radius 3 is 2.52 bits per heavy atom. The second-order valence-electron chi connectivity index (χ2n) is 8.48. The van der Waals surface area contributed by atoms with Crippen molar-refractivity contribution in [3.05, 3.63) is 46.4 Å². The van der Waals surface area contributed by atoms with E-state index in [1.165, 1.54) is 49.8 Å². The summed E-state index contributed by atoms with van der Waals surface area (Å²) in [5.74, 6) is 0.692. The van der Waals surface area contributed by atoms with Crippen LogP contribution >= 0.6 is 11.3 Å². The highest BCUT2D eigenvalue weighted by Gasteiger charge is 2.35. The lowest BCUT2D eigenvalue weighted by molar-refractivity contribution is -0.134. The number of rotatable bonds is 5. The Kier molecular flexibility index (Phi) is 5.36. The predicted octanol–water partition coefficient (Wildman–Crippen LogP) is 5.00. The smallest absolute Gasteiger partial charge is 0.243 e. The van der Waals surface area contributed by atoms with Gasteiger partial charge in [0.25, 0.3) is 0 Å². The third kappa shape index (κ3) is 3.95. The number of aromatic nitrogens is 1. The molecule has 5 nitrogen and oxygen atoms in total. The lowest BCUT2D eigenvalue weighted by Gasteiger charge is -2.24. The number of hydrogen-bond acceptors (Lipinski definition) is 5. The molecule has 1 atom stereocenters. The lowest BCUT2D eigenvalue weighted by atomic mass is 9.99. The molecule has 1 aromatic carbocycles. The molecule has 3 aliphatic rings. The largest absolute Gasteiger partial charge is 0.372 e. The highest BCUT2D eigenvalue weighted by Crippen LogP contribution is 2.36. The van der Waals surface area contributed by atoms with Crippen molar-refractivity contribution in [3.63, 3.8) is 0 Å². The van der Waals surface area contributed by atoms with Crippen LogP contribution in [-0.2, 0) is 4.79 Å². The summed E-state index contributed by atoms with van der Waals surface area (Å²) in [7, 11) is 0. The minimum absolute atomic E-state index is 0.0181. The molecule has 3 heterocycles. The molecule has 29 heavy (non-hydrogen) atoms. The quantitative estimate of drug-likeness (QED) is 0.699. The second-order valence-corrected chi connectivity index (χ2v) is 9.38. The van der Waals surface area contributed by atoms with E-state index >= 15 is 0 Å². The van der Waals surface area contributed by atoms with Crippen molar-refractivity contribution in [2.45, 2.75) is 57.4 Å². The van der Waals surface area contributed by atoms with E-state index in [0.29, 0.717) is 12.3 Å². The van der Waals surface area contributed by atoms with Gasteiger partial charge in [-0.15, -0.1) is 11.3 Å². The third-order valence-electron chi connectivity index (χ3n) is 6.53. The van der Waals surface area contributed by atoms with Crippen LogP contribution in [0, 0.1) is 5.92 Å². The van der Waals surface area contributed by atoms with E-state index in [1.54, 1.807) is 16.3 Å². The Balaban J connectivity index is 1.38. The SMILES string of the molecule is O=C(CC1CCCC1)N1N=C(c2nccs2)CC1c1ccc(N2CCCC2)cc1. The van der Waals surface area contributed by atoms with E-state index < -0.39 is 0 Å². The van der Waals surface area contributed by atoms with Gasteiger partial charge in [0.15, 0.2) is 0 Å². The van der Waals surface area contributed by atoms with Crippen molar-refractivity contribution >= 4 is 28.6 Å². The molecule has 1 saturated heterocycles. The van der Waals surface area contributed by atoms with Gasteiger partial charge >= 0.3 is 0 Å². The Morgan fingerprint density at radius 1 is 1.07 bits per heavy atom. The van der Waals surface area contributed by atoms with Crippen LogP contribution in [-0.4, -0.2) is 34.7 Å². The summed E-state index contributed by atoms with van der Waals surface area (Å²) >= 11 is 1.60. The maximum absolute atomic E-state index is 13.2. The molecule has 0 radical (unpaired) electrons. The third-order valence-corrected chi connectivity index (χ3v) is 7.35. The standard InChI is InChI=1S/C23H28N4OS/c28-22(15-17-5-1-2-6-17)27-21(16-20(25-27)23-24-11-14-29-23)18-7-9-19(10-8-18)26-12-3-4-13-26/h7-11,14,17,21H,1-6,12-13,15-16H2. The monoisotopic (exact) mass is 408 g/mol. The van der Waals surface area contributed by atoms with E-state index in [0.717, 1.165) is 30.2 Å². The topological polar surface area (TPSA) is 48.8 Å². The van der Waals surface area contributed by atoms with Crippen LogP contribution < -0.4 is 4.90 Å². The average molecular weight is 409 g/mol. The molecule has 1 aliphatic carbocycles. The summed E-state index contributed by atoms with van der Waals surface area (Å²) in [5.41, 5.74) is 3.39. The summed E-state index contributed by atoms with van der Waals surface area (Å²) < 4.78 is 0. The van der Waals surface area contributed by atoms with Crippen molar-refractivity contribution in [2.75, 3.05) is 18.0 Å². The van der Waals surface area contributed by atoms with Gasteiger partial charge in [-0.1, -0.05) is 25.0 Å². The molecule has 6 heteroatoms. The first-order valence-corrected chi connectivity index (χ1v) is 11.8. The van der Waals surface area contributed by atoms with E-state index in [-0.39, 0.29) is 11.9 Å². The maximum Gasteiger partial charge on any atom is 0.243 e. The van der Waals surface area contributed by atoms with Crippen molar-refractivity contribution in [1.82, 2.24) is 9.99 Å². The molecular weight excluding hydrogens is 380 g/mol. The van der Waals surface area contributed by atoms with E-state index in [1.807, 2.05) is 11.6 Å². The zero-order valence-electron chi connectivity index (χ0n) is 16.8. The maximum atomic E-state index is 13.2. The van der Waals surface area contributed by atoms with Gasteiger partial charge in [-0.2, -0.15) is 5.10 Å². The summed E-state index contributed by atoms with van der Waals surface area (Å²) in [5, 5.41) is 9.44. The van der Waals surface area contributed by atoms with Gasteiger partial charge in [0, 0.05) is 43.2 Å². The molecular formula is C23H28N4OS. The van der Waals surface area contributed by atoms with E-state index in [9.17, 15) is 4.79 Å². The molecule has 1 aromatic heterocycles. The number of hydrazone groups is 1. The zero-order chi connectivity index (χ0) is 19.6. The predicted molar refractivity (Wildman–Crippen MR) is 117 cm³/mol. The summed E-state index contributed by atoms with van der Waals surface area (Å²) in [4.78, 5) is 20.0. The molecule has 0 N–H and O–H groups in total. The molecule has 0 bridgehead atoms. The number of amides is 1. The van der Waals surface area contributed by atoms with Gasteiger partial charge in [-0.25, -0.2) is 9.99 Å². The van der Waals surface area contributed by atoms with Crippen molar-refractivity contribution in [3.8, 4) is 0 Å². The summed E-state index contributed by atoms with van der Waals surface area (Å²) in [6, 6.07) is 8.78. The number of anilines is 1. The lowest BCUT2D eigenvalue weighted by Crippen LogP contribution is -2.28. The van der Waals surface area contributed by atoms with Gasteiger partial charge < -0.3 is 4.90 Å². The van der Waals surface area contributed by atoms with E-state index in [2.05, 4.69) is 34.1 Å². The Bertz CT molecular complexity index is 865. The highest BCUT2D eigenvalue weighted by atomic mass is 32.1. The molecule has 0 spiro atoms. The second kappa shape index (κ2) is 8.27. The van der Waals surface area contributed by atoms with Crippen LogP contribution in [0.4, 0.5) is 5.69 Å². The van der Waals surface area contributed by atoms with Crippen LogP contribution in [0.15, 0.2) is 40.9 Å². The fourth-order valence-corrected chi connectivity index (χ4v) is 5.56. The first-order valence-electron chi connectivity index (χ1n) is 10.9. The molecule has 5 rings (SSSR count). The fourth-order valence-electron chi connectivity index (χ4n) is 4.93. The van der Waals surface area contributed by atoms with Crippen LogP contribution in [0.5, 0.6) is 0 Å². The van der Waals surface area contributed by atoms with Gasteiger partial charge in [0.05, 0.1) is 11.8 Å². The Morgan fingerprint density at radius 2 is 1.83 bits per heavy atom. The van der Waals surface area contributed by atoms with Crippen molar-refractivity contribution in [2.24, 2.45) is 11.0 Å². The average Bonchev–Trinajstić information content (AvgIpc) is 3.55. The van der Waals surface area contributed by atoms with Crippen molar-refractivity contribution < 1.29 is 4.79 Å². The van der Waals surface area contributed by atoms with Gasteiger partial charge in [0.1, 0.15) is 5.01 Å². The fraction of sp³-hybridized carbons (Fsp3) is 0.522. The number of carbonyl (C=O) groups excluding carboxylic acids is 1. The number of benzene rings is 1. The molecule has 1 unspecified atom stereocenters. The molecule has 1 saturated carbocycles. The molecule has 2 aliphatic heterocycles. The normalized spacial score (nSPS) is 22.5. The first-order chi connectivity index (χ1) is 14.3. The van der Waals surface area contributed by atoms with Crippen LogP contribution in [0.1, 0.15) is 68.0 Å². The minimum Gasteiger partial charge on any atom is -0.372 e. The number of thiazole rings is 1. The number of carbonyl (C=O) groups is 1. The first kappa shape index (κ1) is 18.8. The highest BCUT2D eigenvalue weighted by molar-refractivity contribution is 7.11. The zero-order valence-corrected chi connectivity index (χ0v) is 17.6. The summed E-state index contributed by atoms with van der Waals surface area (Å²) in [6.07, 6.45) is 10.6. The Hall–Kier alpha value is -2.21. The van der Waals surface area contributed by atoms with Crippen molar-refractivity contribution in [1.29, 1.82) is 0 Å². The minimum atomic E-state index is -0.0181. The molecule has 2 aromatic rings.